The normalized spacial score (nSPS) is 17.8. The first kappa shape index (κ1) is 8.38. The van der Waals surface area contributed by atoms with Crippen molar-refractivity contribution in [2.24, 2.45) is 5.16 Å². The summed E-state index contributed by atoms with van der Waals surface area (Å²) in [6.45, 7) is 0. The van der Waals surface area contributed by atoms with Crippen LogP contribution in [0.15, 0.2) is 17.3 Å². The van der Waals surface area contributed by atoms with Gasteiger partial charge in [-0.1, -0.05) is 16.8 Å². The molecule has 0 spiro atoms. The van der Waals surface area contributed by atoms with Crippen LogP contribution < -0.4 is 0 Å². The third kappa shape index (κ3) is 1.16. The summed E-state index contributed by atoms with van der Waals surface area (Å²) >= 11 is 5.92. The molecule has 0 radical (unpaired) electrons. The molecule has 13 heavy (non-hydrogen) atoms. The van der Waals surface area contributed by atoms with Gasteiger partial charge in [0, 0.05) is 10.6 Å². The Labute approximate surface area is 80.3 Å². The number of hydrogen-bond donors (Lipinski definition) is 2. The Hall–Kier alpha value is -1.22. The van der Waals surface area contributed by atoms with E-state index in [0.29, 0.717) is 22.7 Å². The summed E-state index contributed by atoms with van der Waals surface area (Å²) in [5.74, 6) is 0.129. The van der Waals surface area contributed by atoms with Crippen LogP contribution in [0.3, 0.4) is 0 Å². The lowest BCUT2D eigenvalue weighted by atomic mass is 10.1. The highest BCUT2D eigenvalue weighted by Crippen LogP contribution is 2.35. The standard InChI is InChI=1S/C9H8ClNO2/c10-6-2-4-8(12)9-5(6)1-3-7(9)11-13/h2,4,12-13H,1,3H2/b11-7-. The van der Waals surface area contributed by atoms with Crippen molar-refractivity contribution in [2.45, 2.75) is 12.8 Å². The number of aromatic hydroxyl groups is 1. The summed E-state index contributed by atoms with van der Waals surface area (Å²) in [5, 5.41) is 21.9. The minimum absolute atomic E-state index is 0.129. The molecule has 0 aliphatic heterocycles. The van der Waals surface area contributed by atoms with Crippen LogP contribution >= 0.6 is 11.6 Å². The summed E-state index contributed by atoms with van der Waals surface area (Å²) in [6, 6.07) is 3.16. The molecule has 0 bridgehead atoms. The Morgan fingerprint density at radius 1 is 1.31 bits per heavy atom. The van der Waals surface area contributed by atoms with Crippen LogP contribution in [0.1, 0.15) is 17.5 Å². The summed E-state index contributed by atoms with van der Waals surface area (Å²) in [7, 11) is 0. The molecular formula is C9H8ClNO2. The van der Waals surface area contributed by atoms with Crippen LogP contribution in [-0.2, 0) is 6.42 Å². The van der Waals surface area contributed by atoms with Crippen molar-refractivity contribution in [2.75, 3.05) is 0 Å². The largest absolute Gasteiger partial charge is 0.507 e. The molecule has 2 rings (SSSR count). The Bertz CT molecular complexity index is 387. The van der Waals surface area contributed by atoms with Gasteiger partial charge in [-0.2, -0.15) is 0 Å². The highest BCUT2D eigenvalue weighted by atomic mass is 35.5. The number of phenols is 1. The van der Waals surface area contributed by atoms with E-state index in [0.717, 1.165) is 12.0 Å². The highest BCUT2D eigenvalue weighted by Gasteiger charge is 2.23. The fraction of sp³-hybridized carbons (Fsp3) is 0.222. The Morgan fingerprint density at radius 3 is 2.77 bits per heavy atom. The number of rotatable bonds is 0. The predicted molar refractivity (Wildman–Crippen MR) is 49.8 cm³/mol. The number of benzene rings is 1. The number of halogens is 1. The maximum absolute atomic E-state index is 9.51. The fourth-order valence-electron chi connectivity index (χ4n) is 1.64. The second kappa shape index (κ2) is 2.92. The molecule has 2 N–H and O–H groups in total. The summed E-state index contributed by atoms with van der Waals surface area (Å²) in [5.41, 5.74) is 1.97. The molecule has 3 nitrogen and oxygen atoms in total. The van der Waals surface area contributed by atoms with Gasteiger partial charge in [-0.15, -0.1) is 0 Å². The second-order valence-corrected chi connectivity index (χ2v) is 3.37. The highest BCUT2D eigenvalue weighted by molar-refractivity contribution is 6.32. The van der Waals surface area contributed by atoms with Gasteiger partial charge in [0.1, 0.15) is 5.75 Å². The van der Waals surface area contributed by atoms with E-state index in [4.69, 9.17) is 16.8 Å². The molecule has 4 heteroatoms. The quantitative estimate of drug-likeness (QED) is 0.495. The van der Waals surface area contributed by atoms with E-state index >= 15 is 0 Å². The minimum atomic E-state index is 0.129. The first-order chi connectivity index (χ1) is 6.24. The molecule has 0 amide bonds. The molecule has 1 aliphatic rings. The van der Waals surface area contributed by atoms with Crippen LogP contribution in [0.4, 0.5) is 0 Å². The van der Waals surface area contributed by atoms with Crippen LogP contribution in [0.2, 0.25) is 5.02 Å². The van der Waals surface area contributed by atoms with Crippen LogP contribution in [0.5, 0.6) is 5.75 Å². The molecule has 0 saturated heterocycles. The van der Waals surface area contributed by atoms with Gasteiger partial charge in [-0.3, -0.25) is 0 Å². The number of nitrogens with zero attached hydrogens (tertiary/aromatic N) is 1. The van der Waals surface area contributed by atoms with E-state index in [1.165, 1.54) is 6.07 Å². The monoisotopic (exact) mass is 197 g/mol. The van der Waals surface area contributed by atoms with Crippen LogP contribution in [0.25, 0.3) is 0 Å². The lowest BCUT2D eigenvalue weighted by Gasteiger charge is -2.03. The minimum Gasteiger partial charge on any atom is -0.507 e. The van der Waals surface area contributed by atoms with Crippen molar-refractivity contribution in [3.05, 3.63) is 28.3 Å². The van der Waals surface area contributed by atoms with Crippen molar-refractivity contribution >= 4 is 17.3 Å². The molecule has 0 fully saturated rings. The number of oxime groups is 1. The third-order valence-electron chi connectivity index (χ3n) is 2.25. The van der Waals surface area contributed by atoms with Gasteiger partial charge in [0.25, 0.3) is 0 Å². The van der Waals surface area contributed by atoms with Gasteiger partial charge in [-0.25, -0.2) is 0 Å². The van der Waals surface area contributed by atoms with E-state index in [2.05, 4.69) is 5.16 Å². The molecule has 1 aliphatic carbocycles. The lowest BCUT2D eigenvalue weighted by molar-refractivity contribution is 0.318. The Balaban J connectivity index is 2.69. The van der Waals surface area contributed by atoms with Gasteiger partial charge in [0.2, 0.25) is 0 Å². The number of fused-ring (bicyclic) bond motifs is 1. The Kier molecular flexibility index (Phi) is 1.88. The second-order valence-electron chi connectivity index (χ2n) is 2.97. The van der Waals surface area contributed by atoms with Crippen LogP contribution in [0, 0.1) is 0 Å². The lowest BCUT2D eigenvalue weighted by Crippen LogP contribution is -1.94. The van der Waals surface area contributed by atoms with Crippen LogP contribution in [-0.4, -0.2) is 16.0 Å². The molecule has 0 atom stereocenters. The predicted octanol–water partition coefficient (Wildman–Crippen LogP) is 2.17. The maximum Gasteiger partial charge on any atom is 0.125 e. The zero-order chi connectivity index (χ0) is 9.42. The summed E-state index contributed by atoms with van der Waals surface area (Å²) in [4.78, 5) is 0. The van der Waals surface area contributed by atoms with Crippen molar-refractivity contribution in [3.8, 4) is 5.75 Å². The van der Waals surface area contributed by atoms with Gasteiger partial charge in [-0.05, 0) is 30.5 Å². The van der Waals surface area contributed by atoms with Gasteiger partial charge < -0.3 is 10.3 Å². The fourth-order valence-corrected chi connectivity index (χ4v) is 1.90. The number of hydrogen-bond acceptors (Lipinski definition) is 3. The maximum atomic E-state index is 9.51. The van der Waals surface area contributed by atoms with E-state index in [9.17, 15) is 5.11 Å². The van der Waals surface area contributed by atoms with Crippen molar-refractivity contribution < 1.29 is 10.3 Å². The first-order valence-corrected chi connectivity index (χ1v) is 4.33. The molecular weight excluding hydrogens is 190 g/mol. The molecule has 1 aromatic carbocycles. The van der Waals surface area contributed by atoms with E-state index in [1.54, 1.807) is 6.07 Å². The summed E-state index contributed by atoms with van der Waals surface area (Å²) in [6.07, 6.45) is 1.35. The SMILES string of the molecule is O/N=C1/CCc2c(Cl)ccc(O)c21. The number of phenolic OH excluding ortho intramolecular Hbond substituents is 1. The van der Waals surface area contributed by atoms with Gasteiger partial charge in [0.15, 0.2) is 0 Å². The van der Waals surface area contributed by atoms with Gasteiger partial charge in [0.05, 0.1) is 5.71 Å². The average molecular weight is 198 g/mol. The van der Waals surface area contributed by atoms with Crippen molar-refractivity contribution in [1.29, 1.82) is 0 Å². The zero-order valence-electron chi connectivity index (χ0n) is 6.79. The average Bonchev–Trinajstić information content (AvgIpc) is 2.56. The topological polar surface area (TPSA) is 52.8 Å². The molecule has 68 valence electrons. The Morgan fingerprint density at radius 2 is 2.08 bits per heavy atom. The molecule has 1 aromatic rings. The summed E-state index contributed by atoms with van der Waals surface area (Å²) < 4.78 is 0. The molecule has 0 saturated carbocycles. The first-order valence-electron chi connectivity index (χ1n) is 3.95. The molecule has 0 unspecified atom stereocenters. The van der Waals surface area contributed by atoms with E-state index in [1.807, 2.05) is 0 Å². The third-order valence-corrected chi connectivity index (χ3v) is 2.61. The molecule has 0 heterocycles. The van der Waals surface area contributed by atoms with E-state index < -0.39 is 0 Å². The molecule has 0 aromatic heterocycles. The smallest absolute Gasteiger partial charge is 0.125 e. The van der Waals surface area contributed by atoms with E-state index in [-0.39, 0.29) is 5.75 Å². The van der Waals surface area contributed by atoms with Gasteiger partial charge >= 0.3 is 0 Å². The van der Waals surface area contributed by atoms with Crippen molar-refractivity contribution in [1.82, 2.24) is 0 Å². The zero-order valence-corrected chi connectivity index (χ0v) is 7.54. The van der Waals surface area contributed by atoms with Crippen molar-refractivity contribution in [3.63, 3.8) is 0 Å².